The summed E-state index contributed by atoms with van der Waals surface area (Å²) in [5.74, 6) is 3.31. The van der Waals surface area contributed by atoms with Gasteiger partial charge in [0.1, 0.15) is 5.60 Å². The number of aromatic carboxylic acids is 1. The average molecular weight is 348 g/mol. The predicted molar refractivity (Wildman–Crippen MR) is 88.7 cm³/mol. The van der Waals surface area contributed by atoms with Crippen LogP contribution >= 0.6 is 0 Å². The number of nitrogens with zero attached hydrogens (tertiary/aromatic N) is 2. The fraction of sp³-hybridized carbons (Fsp3) is 0.500. The number of carbonyl (C=O) groups is 2. The zero-order chi connectivity index (χ0) is 18.8. The third kappa shape index (κ3) is 4.69. The second-order valence-corrected chi connectivity index (χ2v) is 6.93. The standard InChI is InChI=1S/C18H21FN2O4/c1-11-15(16(22)23)13(14(19)9-20-11)6-5-12-7-8-21(10-12)17(24)25-18(2,3)4/h9,12H,7-8,10H2,1-4H3,(H,22,23). The molecule has 2 rings (SSSR count). The third-order valence-electron chi connectivity index (χ3n) is 3.68. The molecule has 1 amide bonds. The number of aryl methyl sites for hydroxylation is 1. The van der Waals surface area contributed by atoms with E-state index in [0.29, 0.717) is 19.5 Å². The van der Waals surface area contributed by atoms with Crippen molar-refractivity contribution in [3.8, 4) is 11.8 Å². The molecule has 0 aromatic carbocycles. The van der Waals surface area contributed by atoms with Crippen molar-refractivity contribution in [3.63, 3.8) is 0 Å². The maximum Gasteiger partial charge on any atom is 0.410 e. The Morgan fingerprint density at radius 1 is 1.44 bits per heavy atom. The number of pyridine rings is 1. The molecule has 0 aliphatic carbocycles. The molecule has 6 nitrogen and oxygen atoms in total. The van der Waals surface area contributed by atoms with Crippen LogP contribution in [0.4, 0.5) is 9.18 Å². The molecule has 1 N–H and O–H groups in total. The Labute approximate surface area is 146 Å². The van der Waals surface area contributed by atoms with Gasteiger partial charge in [-0.1, -0.05) is 11.8 Å². The number of halogens is 1. The Balaban J connectivity index is 2.15. The fourth-order valence-corrected chi connectivity index (χ4v) is 2.51. The zero-order valence-electron chi connectivity index (χ0n) is 14.7. The van der Waals surface area contributed by atoms with Gasteiger partial charge in [-0.25, -0.2) is 14.0 Å². The minimum Gasteiger partial charge on any atom is -0.478 e. The maximum atomic E-state index is 13.9. The van der Waals surface area contributed by atoms with Crippen LogP contribution in [-0.2, 0) is 4.74 Å². The molecule has 0 radical (unpaired) electrons. The molecule has 1 aliphatic heterocycles. The van der Waals surface area contributed by atoms with Gasteiger partial charge in [0.25, 0.3) is 0 Å². The number of amides is 1. The minimum atomic E-state index is -1.27. The number of carbonyl (C=O) groups excluding carboxylic acids is 1. The Morgan fingerprint density at radius 2 is 2.12 bits per heavy atom. The van der Waals surface area contributed by atoms with E-state index in [2.05, 4.69) is 16.8 Å². The van der Waals surface area contributed by atoms with Crippen LogP contribution in [0, 0.1) is 30.5 Å². The lowest BCUT2D eigenvalue weighted by molar-refractivity contribution is 0.0291. The molecule has 1 aliphatic rings. The number of rotatable bonds is 1. The van der Waals surface area contributed by atoms with E-state index in [-0.39, 0.29) is 22.7 Å². The monoisotopic (exact) mass is 348 g/mol. The van der Waals surface area contributed by atoms with E-state index in [4.69, 9.17) is 4.74 Å². The summed E-state index contributed by atoms with van der Waals surface area (Å²) in [6, 6.07) is 0. The Kier molecular flexibility index (Phi) is 5.31. The molecule has 0 saturated carbocycles. The van der Waals surface area contributed by atoms with E-state index in [1.807, 2.05) is 0 Å². The summed E-state index contributed by atoms with van der Waals surface area (Å²) in [7, 11) is 0. The molecule has 134 valence electrons. The van der Waals surface area contributed by atoms with Gasteiger partial charge in [-0.05, 0) is 34.1 Å². The van der Waals surface area contributed by atoms with Crippen molar-refractivity contribution in [2.75, 3.05) is 13.1 Å². The summed E-state index contributed by atoms with van der Waals surface area (Å²) < 4.78 is 19.3. The van der Waals surface area contributed by atoms with Crippen LogP contribution in [0.3, 0.4) is 0 Å². The van der Waals surface area contributed by atoms with Gasteiger partial charge in [0.2, 0.25) is 0 Å². The lowest BCUT2D eigenvalue weighted by Gasteiger charge is -2.24. The van der Waals surface area contributed by atoms with Gasteiger partial charge < -0.3 is 14.7 Å². The SMILES string of the molecule is Cc1ncc(F)c(C#CC2CCN(C(=O)OC(C)(C)C)C2)c1C(=O)O. The highest BCUT2D eigenvalue weighted by Crippen LogP contribution is 2.20. The summed E-state index contributed by atoms with van der Waals surface area (Å²) in [4.78, 5) is 28.6. The summed E-state index contributed by atoms with van der Waals surface area (Å²) in [5, 5.41) is 9.24. The van der Waals surface area contributed by atoms with Crippen LogP contribution in [0.5, 0.6) is 0 Å². The Morgan fingerprint density at radius 3 is 2.72 bits per heavy atom. The summed E-state index contributed by atoms with van der Waals surface area (Å²) in [5.41, 5.74) is -0.764. The molecule has 7 heteroatoms. The molecule has 25 heavy (non-hydrogen) atoms. The summed E-state index contributed by atoms with van der Waals surface area (Å²) >= 11 is 0. The molecule has 1 atom stereocenters. The smallest absolute Gasteiger partial charge is 0.410 e. The fourth-order valence-electron chi connectivity index (χ4n) is 2.51. The first kappa shape index (κ1) is 18.7. The molecule has 1 aromatic rings. The molecule has 1 unspecified atom stereocenters. The number of hydrogen-bond donors (Lipinski definition) is 1. The van der Waals surface area contributed by atoms with Crippen molar-refractivity contribution >= 4 is 12.1 Å². The zero-order valence-corrected chi connectivity index (χ0v) is 14.7. The van der Waals surface area contributed by atoms with E-state index in [0.717, 1.165) is 6.20 Å². The number of carboxylic acid groups (broad SMARTS) is 1. The molecule has 1 saturated heterocycles. The average Bonchev–Trinajstić information content (AvgIpc) is 2.95. The van der Waals surface area contributed by atoms with Crippen molar-refractivity contribution < 1.29 is 23.8 Å². The van der Waals surface area contributed by atoms with Crippen molar-refractivity contribution in [2.45, 2.75) is 39.7 Å². The molecule has 0 bridgehead atoms. The van der Waals surface area contributed by atoms with E-state index in [9.17, 15) is 19.1 Å². The van der Waals surface area contributed by atoms with Gasteiger partial charge in [0.05, 0.1) is 23.0 Å². The number of aromatic nitrogens is 1. The minimum absolute atomic E-state index is 0.165. The lowest BCUT2D eigenvalue weighted by Crippen LogP contribution is -2.35. The number of ether oxygens (including phenoxy) is 1. The number of likely N-dealkylation sites (tertiary alicyclic amines) is 1. The van der Waals surface area contributed by atoms with Crippen molar-refractivity contribution in [1.82, 2.24) is 9.88 Å². The van der Waals surface area contributed by atoms with Crippen LogP contribution < -0.4 is 0 Å². The summed E-state index contributed by atoms with van der Waals surface area (Å²) in [6.07, 6.45) is 1.18. The Bertz CT molecular complexity index is 759. The second kappa shape index (κ2) is 7.09. The van der Waals surface area contributed by atoms with Gasteiger partial charge in [-0.2, -0.15) is 0 Å². The van der Waals surface area contributed by atoms with Crippen molar-refractivity contribution in [3.05, 3.63) is 28.8 Å². The molecule has 1 aromatic heterocycles. The topological polar surface area (TPSA) is 79.7 Å². The van der Waals surface area contributed by atoms with E-state index >= 15 is 0 Å². The summed E-state index contributed by atoms with van der Waals surface area (Å²) in [6.45, 7) is 7.74. The van der Waals surface area contributed by atoms with Crippen LogP contribution in [0.25, 0.3) is 0 Å². The van der Waals surface area contributed by atoms with Gasteiger partial charge in [0.15, 0.2) is 5.82 Å². The first-order valence-corrected chi connectivity index (χ1v) is 7.96. The highest BCUT2D eigenvalue weighted by atomic mass is 19.1. The van der Waals surface area contributed by atoms with Gasteiger partial charge >= 0.3 is 12.1 Å². The lowest BCUT2D eigenvalue weighted by atomic mass is 10.0. The first-order valence-electron chi connectivity index (χ1n) is 7.96. The van der Waals surface area contributed by atoms with Crippen LogP contribution in [0.15, 0.2) is 6.20 Å². The van der Waals surface area contributed by atoms with E-state index < -0.39 is 23.5 Å². The predicted octanol–water partition coefficient (Wildman–Crippen LogP) is 2.84. The third-order valence-corrected chi connectivity index (χ3v) is 3.68. The quantitative estimate of drug-likeness (QED) is 0.790. The molecule has 0 spiro atoms. The molecular weight excluding hydrogens is 327 g/mol. The van der Waals surface area contributed by atoms with E-state index in [1.165, 1.54) is 6.92 Å². The molecular formula is C18H21FN2O4. The number of hydrogen-bond acceptors (Lipinski definition) is 4. The second-order valence-electron chi connectivity index (χ2n) is 6.93. The van der Waals surface area contributed by atoms with Gasteiger partial charge in [0, 0.05) is 19.0 Å². The van der Waals surface area contributed by atoms with Crippen molar-refractivity contribution in [1.29, 1.82) is 0 Å². The van der Waals surface area contributed by atoms with Crippen LogP contribution in [-0.4, -0.2) is 45.7 Å². The largest absolute Gasteiger partial charge is 0.478 e. The first-order chi connectivity index (χ1) is 11.6. The normalized spacial score (nSPS) is 17.0. The van der Waals surface area contributed by atoms with Gasteiger partial charge in [-0.15, -0.1) is 0 Å². The highest BCUT2D eigenvalue weighted by Gasteiger charge is 2.29. The van der Waals surface area contributed by atoms with E-state index in [1.54, 1.807) is 25.7 Å². The highest BCUT2D eigenvalue weighted by molar-refractivity contribution is 5.92. The molecule has 2 heterocycles. The van der Waals surface area contributed by atoms with Crippen LogP contribution in [0.2, 0.25) is 0 Å². The van der Waals surface area contributed by atoms with Crippen LogP contribution in [0.1, 0.15) is 48.8 Å². The Hall–Kier alpha value is -2.62. The molecule has 1 fully saturated rings. The maximum absolute atomic E-state index is 13.9. The van der Waals surface area contributed by atoms with Crippen molar-refractivity contribution in [2.24, 2.45) is 5.92 Å². The van der Waals surface area contributed by atoms with Gasteiger partial charge in [-0.3, -0.25) is 4.98 Å². The number of carboxylic acids is 1.